The van der Waals surface area contributed by atoms with Gasteiger partial charge in [-0.05, 0) is 6.42 Å². The van der Waals surface area contributed by atoms with E-state index in [0.29, 0.717) is 0 Å². The Morgan fingerprint density at radius 3 is 0.636 bits per heavy atom. The van der Waals surface area contributed by atoms with Crippen LogP contribution in [0.2, 0.25) is 0 Å². The van der Waals surface area contributed by atoms with Crippen molar-refractivity contribution in [1.82, 2.24) is 0 Å². The Kier molecular flexibility index (Phi) is 32.0. The van der Waals surface area contributed by atoms with Gasteiger partial charge in [-0.2, -0.15) is 0 Å². The molecule has 199 valence electrons. The molecule has 0 aliphatic rings. The van der Waals surface area contributed by atoms with Crippen molar-refractivity contribution in [3.63, 3.8) is 0 Å². The van der Waals surface area contributed by atoms with Crippen LogP contribution in [0.25, 0.3) is 0 Å². The van der Waals surface area contributed by atoms with E-state index in [4.69, 9.17) is 0 Å². The lowest BCUT2D eigenvalue weighted by molar-refractivity contribution is 0.522. The Bertz CT molecular complexity index is 277. The number of rotatable bonds is 30. The maximum absolute atomic E-state index is 2.58. The summed E-state index contributed by atoms with van der Waals surface area (Å²) in [4.78, 5) is 0. The van der Waals surface area contributed by atoms with Crippen molar-refractivity contribution in [2.24, 2.45) is 0 Å². The van der Waals surface area contributed by atoms with Gasteiger partial charge in [0, 0.05) is 0 Å². The molecule has 0 aromatic rings. The lowest BCUT2D eigenvalue weighted by Gasteiger charge is -2.04. The molecule has 33 heavy (non-hydrogen) atoms. The molecule has 0 aliphatic heterocycles. The van der Waals surface area contributed by atoms with Gasteiger partial charge in [0.1, 0.15) is 0 Å². The molecule has 1 radical (unpaired) electrons. The van der Waals surface area contributed by atoms with Gasteiger partial charge in [-0.3, -0.25) is 0 Å². The number of hydrogen-bond acceptors (Lipinski definition) is 0. The highest BCUT2D eigenvalue weighted by Gasteiger charge is 1.96. The molecule has 0 N–H and O–H groups in total. The van der Waals surface area contributed by atoms with Gasteiger partial charge in [0.15, 0.2) is 0 Å². The second-order valence-electron chi connectivity index (χ2n) is 11.1. The Morgan fingerprint density at radius 2 is 0.424 bits per heavy atom. The first-order valence-electron chi connectivity index (χ1n) is 16.2. The molecule has 0 aromatic heterocycles. The average Bonchev–Trinajstić information content (AvgIpc) is 2.83. The molecule has 0 heteroatoms. The summed E-state index contributed by atoms with van der Waals surface area (Å²) in [5, 5.41) is 0. The summed E-state index contributed by atoms with van der Waals surface area (Å²) in [7, 11) is 0. The van der Waals surface area contributed by atoms with Gasteiger partial charge >= 0.3 is 0 Å². The van der Waals surface area contributed by atoms with Gasteiger partial charge in [0.2, 0.25) is 0 Å². The first kappa shape index (κ1) is 33.0. The summed E-state index contributed by atoms with van der Waals surface area (Å²) in [6.07, 6.45) is 46.4. The zero-order valence-electron chi connectivity index (χ0n) is 23.8. The van der Waals surface area contributed by atoms with Crippen molar-refractivity contribution < 1.29 is 0 Å². The second kappa shape index (κ2) is 32.0. The molecule has 0 aliphatic carbocycles. The molecule has 0 spiro atoms. The van der Waals surface area contributed by atoms with E-state index in [2.05, 4.69) is 20.3 Å². The van der Waals surface area contributed by atoms with Crippen molar-refractivity contribution in [2.75, 3.05) is 0 Å². The molecule has 0 aromatic carbocycles. The van der Waals surface area contributed by atoms with Crippen molar-refractivity contribution in [3.8, 4) is 0 Å². The highest BCUT2D eigenvalue weighted by molar-refractivity contribution is 4.64. The van der Waals surface area contributed by atoms with E-state index >= 15 is 0 Å². The summed E-state index contributed by atoms with van der Waals surface area (Å²) in [5.41, 5.74) is 0. The van der Waals surface area contributed by atoms with Crippen molar-refractivity contribution in [3.05, 3.63) is 6.42 Å². The summed E-state index contributed by atoms with van der Waals surface area (Å²) < 4.78 is 0. The van der Waals surface area contributed by atoms with E-state index < -0.39 is 0 Å². The fourth-order valence-electron chi connectivity index (χ4n) is 5.11. The van der Waals surface area contributed by atoms with E-state index in [1.165, 1.54) is 193 Å². The van der Waals surface area contributed by atoms with Crippen LogP contribution in [0, 0.1) is 6.42 Å². The number of hydrogen-bond donors (Lipinski definition) is 0. The minimum atomic E-state index is 1.37. The Labute approximate surface area is 212 Å². The Balaban J connectivity index is 2.99. The molecule has 0 amide bonds. The lowest BCUT2D eigenvalue weighted by atomic mass is 10.0. The maximum Gasteiger partial charge on any atom is -0.0386 e. The van der Waals surface area contributed by atoms with Crippen LogP contribution in [0.5, 0.6) is 0 Å². The van der Waals surface area contributed by atoms with Crippen LogP contribution < -0.4 is 0 Å². The van der Waals surface area contributed by atoms with E-state index in [9.17, 15) is 0 Å². The summed E-state index contributed by atoms with van der Waals surface area (Å²) in [6.45, 7) is 4.61. The van der Waals surface area contributed by atoms with E-state index in [-0.39, 0.29) is 0 Å². The van der Waals surface area contributed by atoms with Crippen LogP contribution in [0.4, 0.5) is 0 Å². The predicted molar refractivity (Wildman–Crippen MR) is 154 cm³/mol. The van der Waals surface area contributed by atoms with E-state index in [0.717, 1.165) is 0 Å². The largest absolute Gasteiger partial charge is 0.0654 e. The monoisotopic (exact) mass is 464 g/mol. The van der Waals surface area contributed by atoms with Crippen LogP contribution in [0.1, 0.15) is 206 Å². The second-order valence-corrected chi connectivity index (χ2v) is 11.1. The molecule has 0 bridgehead atoms. The number of unbranched alkanes of at least 4 members (excludes halogenated alkanes) is 30. The average molecular weight is 464 g/mol. The minimum absolute atomic E-state index is 1.37. The SMILES string of the molecule is CCCCCCCCCCC[CH]CCCCCCCCCCCCCCCCCCCCC. The van der Waals surface area contributed by atoms with Crippen LogP contribution in [0.15, 0.2) is 0 Å². The quantitative estimate of drug-likeness (QED) is 0.0929. The molecular formula is C33H67. The topological polar surface area (TPSA) is 0 Å². The standard InChI is InChI=1S/C33H67/c1-3-5-7-9-11-13-15-17-19-21-23-25-27-29-31-33-32-30-28-26-24-22-20-18-16-14-12-10-8-6-4-2/h23H,3-22,24-33H2,1-2H3. The fraction of sp³-hybridized carbons (Fsp3) is 0.970. The first-order chi connectivity index (χ1) is 16.4. The summed E-state index contributed by atoms with van der Waals surface area (Å²) in [6, 6.07) is 0. The van der Waals surface area contributed by atoms with E-state index in [1.807, 2.05) is 0 Å². The van der Waals surface area contributed by atoms with Gasteiger partial charge in [-0.15, -0.1) is 0 Å². The van der Waals surface area contributed by atoms with Gasteiger partial charge in [0.25, 0.3) is 0 Å². The van der Waals surface area contributed by atoms with Crippen LogP contribution in [-0.2, 0) is 0 Å². The van der Waals surface area contributed by atoms with Gasteiger partial charge in [-0.1, -0.05) is 206 Å². The molecule has 0 saturated heterocycles. The summed E-state index contributed by atoms with van der Waals surface area (Å²) in [5.74, 6) is 0. The van der Waals surface area contributed by atoms with Crippen molar-refractivity contribution in [2.45, 2.75) is 206 Å². The molecule has 0 rings (SSSR count). The predicted octanol–water partition coefficient (Wildman–Crippen LogP) is 12.9. The van der Waals surface area contributed by atoms with Crippen molar-refractivity contribution >= 4 is 0 Å². The first-order valence-corrected chi connectivity index (χ1v) is 16.2. The third kappa shape index (κ3) is 32.0. The lowest BCUT2D eigenvalue weighted by Crippen LogP contribution is -1.85. The van der Waals surface area contributed by atoms with Gasteiger partial charge in [-0.25, -0.2) is 0 Å². The fourth-order valence-corrected chi connectivity index (χ4v) is 5.11. The third-order valence-corrected chi connectivity index (χ3v) is 7.52. The smallest absolute Gasteiger partial charge is 0.0386 e. The van der Waals surface area contributed by atoms with Gasteiger partial charge < -0.3 is 0 Å². The zero-order valence-corrected chi connectivity index (χ0v) is 23.8. The third-order valence-electron chi connectivity index (χ3n) is 7.52. The van der Waals surface area contributed by atoms with Crippen LogP contribution in [-0.4, -0.2) is 0 Å². The molecule has 0 fully saturated rings. The molecular weight excluding hydrogens is 396 g/mol. The van der Waals surface area contributed by atoms with Gasteiger partial charge in [0.05, 0.1) is 0 Å². The van der Waals surface area contributed by atoms with Crippen LogP contribution in [0.3, 0.4) is 0 Å². The molecule has 0 saturated carbocycles. The molecule has 0 heterocycles. The molecule has 0 nitrogen and oxygen atoms in total. The molecule has 0 unspecified atom stereocenters. The zero-order chi connectivity index (χ0) is 23.9. The highest BCUT2D eigenvalue weighted by Crippen LogP contribution is 2.16. The Morgan fingerprint density at radius 1 is 0.242 bits per heavy atom. The molecule has 0 atom stereocenters. The Hall–Kier alpha value is 0. The van der Waals surface area contributed by atoms with Crippen LogP contribution >= 0.6 is 0 Å². The normalized spacial score (nSPS) is 11.5. The maximum atomic E-state index is 2.58. The minimum Gasteiger partial charge on any atom is -0.0654 e. The highest BCUT2D eigenvalue weighted by atomic mass is 14.0. The van der Waals surface area contributed by atoms with Crippen molar-refractivity contribution in [1.29, 1.82) is 0 Å². The summed E-state index contributed by atoms with van der Waals surface area (Å²) >= 11 is 0. The van der Waals surface area contributed by atoms with E-state index in [1.54, 1.807) is 0 Å².